The standard InChI is InChI=1S/C20H16N4O/c1-11-14(8-13-6-4-5-7-17(13)25-3)18-12(2)16(10-22)20(23)24-19(18)15(11)9-21/h4-8H,1-3H3,(H2,23,24)/p+1. The van der Waals surface area contributed by atoms with Crippen LogP contribution in [0.2, 0.25) is 0 Å². The van der Waals surface area contributed by atoms with Crippen molar-refractivity contribution in [2.75, 3.05) is 12.8 Å². The number of H-pyrrole nitrogens is 1. The molecule has 2 aromatic rings. The molecule has 0 radical (unpaired) electrons. The van der Waals surface area contributed by atoms with Gasteiger partial charge in [0.1, 0.15) is 29.0 Å². The Morgan fingerprint density at radius 1 is 1.16 bits per heavy atom. The van der Waals surface area contributed by atoms with Gasteiger partial charge in [-0.3, -0.25) is 5.73 Å². The molecular formula is C20H17N4O+. The van der Waals surface area contributed by atoms with E-state index in [4.69, 9.17) is 10.5 Å². The van der Waals surface area contributed by atoms with Crippen LogP contribution in [-0.2, 0) is 0 Å². The van der Waals surface area contributed by atoms with Gasteiger partial charge in [-0.15, -0.1) is 0 Å². The number of anilines is 1. The highest BCUT2D eigenvalue weighted by Crippen LogP contribution is 2.43. The van der Waals surface area contributed by atoms with Crippen LogP contribution in [0.25, 0.3) is 17.2 Å². The van der Waals surface area contributed by atoms with E-state index in [1.165, 1.54) is 0 Å². The van der Waals surface area contributed by atoms with Gasteiger partial charge in [0.2, 0.25) is 0 Å². The fourth-order valence-electron chi connectivity index (χ4n) is 3.21. The number of hydrogen-bond acceptors (Lipinski definition) is 4. The average molecular weight is 329 g/mol. The Morgan fingerprint density at radius 2 is 1.88 bits per heavy atom. The highest BCUT2D eigenvalue weighted by atomic mass is 16.5. The number of nitrogens with two attached hydrogens (primary N) is 1. The number of nitrogens with zero attached hydrogens (tertiary/aromatic N) is 2. The third-order valence-corrected chi connectivity index (χ3v) is 4.49. The summed E-state index contributed by atoms with van der Waals surface area (Å²) in [6.07, 6.45) is 1.98. The van der Waals surface area contributed by atoms with Crippen LogP contribution >= 0.6 is 0 Å². The van der Waals surface area contributed by atoms with E-state index in [9.17, 15) is 10.5 Å². The van der Waals surface area contributed by atoms with Gasteiger partial charge in [0.15, 0.2) is 5.69 Å². The summed E-state index contributed by atoms with van der Waals surface area (Å²) in [7, 11) is 1.62. The normalized spacial score (nSPS) is 14.2. The molecule has 3 N–H and O–H groups in total. The van der Waals surface area contributed by atoms with E-state index in [0.29, 0.717) is 16.8 Å². The Morgan fingerprint density at radius 3 is 2.52 bits per heavy atom. The SMILES string of the molecule is COc1ccccc1C=C1C(C)=C(C#N)c2[nH+]c(N)c(C#N)c(C)c21. The Kier molecular flexibility index (Phi) is 4.00. The molecule has 122 valence electrons. The predicted octanol–water partition coefficient (Wildman–Crippen LogP) is 3.12. The second-order valence-corrected chi connectivity index (χ2v) is 5.81. The topological polar surface area (TPSA) is 97.0 Å². The quantitative estimate of drug-likeness (QED) is 0.915. The van der Waals surface area contributed by atoms with Crippen LogP contribution in [0, 0.1) is 29.6 Å². The lowest BCUT2D eigenvalue weighted by Gasteiger charge is -2.10. The summed E-state index contributed by atoms with van der Waals surface area (Å²) >= 11 is 0. The Hall–Kier alpha value is -3.57. The number of nitrogen functional groups attached to an aromatic ring is 1. The monoisotopic (exact) mass is 329 g/mol. The predicted molar refractivity (Wildman–Crippen MR) is 95.9 cm³/mol. The van der Waals surface area contributed by atoms with Crippen molar-refractivity contribution in [2.45, 2.75) is 13.8 Å². The maximum Gasteiger partial charge on any atom is 0.289 e. The zero-order valence-corrected chi connectivity index (χ0v) is 14.3. The van der Waals surface area contributed by atoms with Gasteiger partial charge in [-0.05, 0) is 42.7 Å². The molecule has 5 heteroatoms. The molecule has 0 unspecified atom stereocenters. The zero-order chi connectivity index (χ0) is 18.1. The first-order valence-electron chi connectivity index (χ1n) is 7.75. The van der Waals surface area contributed by atoms with Crippen molar-refractivity contribution in [3.63, 3.8) is 0 Å². The number of aromatic nitrogens is 1. The molecule has 25 heavy (non-hydrogen) atoms. The number of ether oxygens (including phenoxy) is 1. The Bertz CT molecular complexity index is 1030. The van der Waals surface area contributed by atoms with Gasteiger partial charge >= 0.3 is 0 Å². The second-order valence-electron chi connectivity index (χ2n) is 5.81. The highest BCUT2D eigenvalue weighted by molar-refractivity contribution is 6.08. The van der Waals surface area contributed by atoms with Gasteiger partial charge in [0.05, 0.1) is 7.11 Å². The lowest BCUT2D eigenvalue weighted by Crippen LogP contribution is -2.20. The molecule has 1 heterocycles. The van der Waals surface area contributed by atoms with Crippen LogP contribution in [0.5, 0.6) is 5.75 Å². The van der Waals surface area contributed by atoms with Gasteiger partial charge < -0.3 is 4.74 Å². The molecule has 0 saturated heterocycles. The molecule has 0 spiro atoms. The zero-order valence-electron chi connectivity index (χ0n) is 14.3. The first-order valence-corrected chi connectivity index (χ1v) is 7.75. The number of aromatic amines is 1. The maximum atomic E-state index is 9.59. The second kappa shape index (κ2) is 6.14. The number of para-hydroxylation sites is 1. The molecule has 1 aromatic carbocycles. The number of pyridine rings is 1. The molecule has 3 rings (SSSR count). The molecule has 0 amide bonds. The van der Waals surface area contributed by atoms with Crippen molar-refractivity contribution in [2.24, 2.45) is 0 Å². The number of benzene rings is 1. The molecule has 1 aromatic heterocycles. The first kappa shape index (κ1) is 16.3. The lowest BCUT2D eigenvalue weighted by atomic mass is 9.95. The lowest BCUT2D eigenvalue weighted by molar-refractivity contribution is -0.364. The summed E-state index contributed by atoms with van der Waals surface area (Å²) in [4.78, 5) is 3.03. The van der Waals surface area contributed by atoms with Crippen molar-refractivity contribution in [3.8, 4) is 17.9 Å². The number of fused-ring (bicyclic) bond motifs is 1. The number of methoxy groups -OCH3 is 1. The molecule has 0 atom stereocenters. The largest absolute Gasteiger partial charge is 0.496 e. The first-order chi connectivity index (χ1) is 12.0. The minimum absolute atomic E-state index is 0.276. The summed E-state index contributed by atoms with van der Waals surface area (Å²) < 4.78 is 5.42. The van der Waals surface area contributed by atoms with Crippen molar-refractivity contribution >= 4 is 23.0 Å². The van der Waals surface area contributed by atoms with E-state index < -0.39 is 0 Å². The van der Waals surface area contributed by atoms with E-state index in [0.717, 1.165) is 33.6 Å². The van der Waals surface area contributed by atoms with Crippen molar-refractivity contribution in [1.82, 2.24) is 0 Å². The number of rotatable bonds is 2. The molecule has 0 saturated carbocycles. The number of nitriles is 2. The molecule has 0 aliphatic heterocycles. The van der Waals surface area contributed by atoms with Crippen LogP contribution in [0.15, 0.2) is 29.8 Å². The van der Waals surface area contributed by atoms with E-state index in [2.05, 4.69) is 17.1 Å². The smallest absolute Gasteiger partial charge is 0.289 e. The van der Waals surface area contributed by atoms with E-state index in [1.54, 1.807) is 7.11 Å². The van der Waals surface area contributed by atoms with Gasteiger partial charge in [-0.25, -0.2) is 4.98 Å². The van der Waals surface area contributed by atoms with Gasteiger partial charge in [0, 0.05) is 11.1 Å². The fraction of sp³-hybridized carbons (Fsp3) is 0.150. The minimum Gasteiger partial charge on any atom is -0.496 e. The molecule has 0 bridgehead atoms. The van der Waals surface area contributed by atoms with Crippen LogP contribution in [0.3, 0.4) is 0 Å². The molecule has 5 nitrogen and oxygen atoms in total. The number of nitrogens with one attached hydrogen (secondary N) is 1. The number of allylic oxidation sites excluding steroid dienone is 3. The van der Waals surface area contributed by atoms with Crippen molar-refractivity contribution in [1.29, 1.82) is 10.5 Å². The van der Waals surface area contributed by atoms with Gasteiger partial charge in [-0.2, -0.15) is 10.5 Å². The summed E-state index contributed by atoms with van der Waals surface area (Å²) in [5.74, 6) is 1.02. The molecule has 1 aliphatic rings. The highest BCUT2D eigenvalue weighted by Gasteiger charge is 2.32. The summed E-state index contributed by atoms with van der Waals surface area (Å²) in [5, 5.41) is 19.0. The molecule has 1 aliphatic carbocycles. The Labute approximate surface area is 146 Å². The molecule has 0 fully saturated rings. The van der Waals surface area contributed by atoms with Crippen LogP contribution < -0.4 is 15.5 Å². The van der Waals surface area contributed by atoms with Crippen LogP contribution in [0.4, 0.5) is 5.82 Å². The van der Waals surface area contributed by atoms with E-state index >= 15 is 0 Å². The molecular weight excluding hydrogens is 312 g/mol. The van der Waals surface area contributed by atoms with Gasteiger partial charge in [-0.1, -0.05) is 18.2 Å². The number of hydrogen-bond donors (Lipinski definition) is 1. The average Bonchev–Trinajstić information content (AvgIpc) is 2.87. The minimum atomic E-state index is 0.276. The Balaban J connectivity index is 2.35. The van der Waals surface area contributed by atoms with E-state index in [-0.39, 0.29) is 5.82 Å². The third kappa shape index (κ3) is 2.43. The van der Waals surface area contributed by atoms with Crippen LogP contribution in [-0.4, -0.2) is 7.11 Å². The van der Waals surface area contributed by atoms with Gasteiger partial charge in [0.25, 0.3) is 5.82 Å². The maximum absolute atomic E-state index is 9.59. The third-order valence-electron chi connectivity index (χ3n) is 4.49. The van der Waals surface area contributed by atoms with Crippen molar-refractivity contribution < 1.29 is 9.72 Å². The summed E-state index contributed by atoms with van der Waals surface area (Å²) in [6.45, 7) is 3.75. The summed E-state index contributed by atoms with van der Waals surface area (Å²) in [5.41, 5.74) is 11.8. The van der Waals surface area contributed by atoms with Crippen molar-refractivity contribution in [3.05, 3.63) is 57.8 Å². The van der Waals surface area contributed by atoms with E-state index in [1.807, 2.05) is 44.2 Å². The summed E-state index contributed by atoms with van der Waals surface area (Å²) in [6, 6.07) is 12.0. The fourth-order valence-corrected chi connectivity index (χ4v) is 3.21. The van der Waals surface area contributed by atoms with Crippen LogP contribution in [0.1, 0.15) is 34.9 Å².